The van der Waals surface area contributed by atoms with Gasteiger partial charge in [-0.2, -0.15) is 0 Å². The average molecular weight is 179 g/mol. The number of rotatable bonds is 4. The van der Waals surface area contributed by atoms with Gasteiger partial charge in [0, 0.05) is 12.3 Å². The number of furan rings is 1. The predicted octanol–water partition coefficient (Wildman–Crippen LogP) is 2.29. The zero-order chi connectivity index (χ0) is 9.26. The maximum absolute atomic E-state index is 5.72. The summed E-state index contributed by atoms with van der Waals surface area (Å²) < 4.78 is 5.72. The third-order valence-electron chi connectivity index (χ3n) is 2.78. The van der Waals surface area contributed by atoms with Crippen LogP contribution in [0.15, 0.2) is 16.5 Å². The van der Waals surface area contributed by atoms with Crippen LogP contribution >= 0.6 is 0 Å². The molecule has 0 aromatic carbocycles. The molecule has 1 heterocycles. The van der Waals surface area contributed by atoms with E-state index >= 15 is 0 Å². The molecule has 2 nitrogen and oxygen atoms in total. The monoisotopic (exact) mass is 179 g/mol. The molecule has 0 bridgehead atoms. The summed E-state index contributed by atoms with van der Waals surface area (Å²) in [5.41, 5.74) is 5.44. The van der Waals surface area contributed by atoms with Gasteiger partial charge in [-0.05, 0) is 37.4 Å². The van der Waals surface area contributed by atoms with Gasteiger partial charge in [-0.15, -0.1) is 0 Å². The molecule has 1 fully saturated rings. The Balaban J connectivity index is 1.94. The summed E-state index contributed by atoms with van der Waals surface area (Å²) >= 11 is 0. The van der Waals surface area contributed by atoms with Crippen LogP contribution < -0.4 is 5.73 Å². The number of nitrogens with two attached hydrogens (primary N) is 1. The van der Waals surface area contributed by atoms with Crippen LogP contribution in [0.25, 0.3) is 0 Å². The van der Waals surface area contributed by atoms with Gasteiger partial charge in [0.2, 0.25) is 0 Å². The Morgan fingerprint density at radius 1 is 1.54 bits per heavy atom. The van der Waals surface area contributed by atoms with Crippen LogP contribution in [0, 0.1) is 5.92 Å². The molecule has 2 N–H and O–H groups in total. The molecule has 0 spiro atoms. The van der Waals surface area contributed by atoms with Gasteiger partial charge in [-0.3, -0.25) is 0 Å². The van der Waals surface area contributed by atoms with E-state index in [1.807, 2.05) is 0 Å². The van der Waals surface area contributed by atoms with Gasteiger partial charge >= 0.3 is 0 Å². The third-order valence-corrected chi connectivity index (χ3v) is 2.78. The van der Waals surface area contributed by atoms with E-state index in [9.17, 15) is 0 Å². The largest absolute Gasteiger partial charge is 0.466 e. The normalized spacial score (nSPS) is 26.3. The van der Waals surface area contributed by atoms with Gasteiger partial charge in [-0.25, -0.2) is 0 Å². The number of hydrogen-bond donors (Lipinski definition) is 1. The summed E-state index contributed by atoms with van der Waals surface area (Å²) in [5, 5.41) is 0. The van der Waals surface area contributed by atoms with E-state index in [1.165, 1.54) is 12.2 Å². The van der Waals surface area contributed by atoms with Gasteiger partial charge in [-0.1, -0.05) is 6.92 Å². The van der Waals surface area contributed by atoms with Crippen molar-refractivity contribution in [3.05, 3.63) is 23.7 Å². The minimum absolute atomic E-state index is 0.701. The first-order valence-corrected chi connectivity index (χ1v) is 5.10. The highest BCUT2D eigenvalue weighted by molar-refractivity contribution is 5.17. The lowest BCUT2D eigenvalue weighted by atomic mass is 10.2. The molecule has 0 amide bonds. The second kappa shape index (κ2) is 3.54. The standard InChI is InChI=1S/C11H17NO/c1-8-7-10(8)11-5-4-9(13-11)3-2-6-12/h4-5,8,10H,2-3,6-7,12H2,1H3. The summed E-state index contributed by atoms with van der Waals surface area (Å²) in [6, 6.07) is 4.22. The average Bonchev–Trinajstić information content (AvgIpc) is 2.67. The van der Waals surface area contributed by atoms with E-state index in [0.29, 0.717) is 5.92 Å². The molecule has 0 aliphatic heterocycles. The van der Waals surface area contributed by atoms with Gasteiger partial charge in [0.05, 0.1) is 0 Å². The van der Waals surface area contributed by atoms with Crippen LogP contribution in [-0.2, 0) is 6.42 Å². The second-order valence-electron chi connectivity index (χ2n) is 4.02. The molecule has 2 heteroatoms. The van der Waals surface area contributed by atoms with Crippen LogP contribution in [0.3, 0.4) is 0 Å². The van der Waals surface area contributed by atoms with Crippen LogP contribution in [-0.4, -0.2) is 6.54 Å². The topological polar surface area (TPSA) is 39.2 Å². The van der Waals surface area contributed by atoms with Gasteiger partial charge < -0.3 is 10.2 Å². The minimum atomic E-state index is 0.701. The highest BCUT2D eigenvalue weighted by Gasteiger charge is 2.36. The Kier molecular flexibility index (Phi) is 2.40. The van der Waals surface area contributed by atoms with Gasteiger partial charge in [0.15, 0.2) is 0 Å². The van der Waals surface area contributed by atoms with Crippen LogP contribution in [0.4, 0.5) is 0 Å². The van der Waals surface area contributed by atoms with Crippen molar-refractivity contribution >= 4 is 0 Å². The van der Waals surface area contributed by atoms with Crippen molar-refractivity contribution in [3.63, 3.8) is 0 Å². The molecule has 2 rings (SSSR count). The van der Waals surface area contributed by atoms with Crippen molar-refractivity contribution in [3.8, 4) is 0 Å². The smallest absolute Gasteiger partial charge is 0.107 e. The van der Waals surface area contributed by atoms with Crippen molar-refractivity contribution in [1.29, 1.82) is 0 Å². The van der Waals surface area contributed by atoms with Gasteiger partial charge in [0.1, 0.15) is 11.5 Å². The lowest BCUT2D eigenvalue weighted by Gasteiger charge is -1.94. The van der Waals surface area contributed by atoms with E-state index in [1.54, 1.807) is 0 Å². The highest BCUT2D eigenvalue weighted by atomic mass is 16.3. The molecular formula is C11H17NO. The van der Waals surface area contributed by atoms with Crippen molar-refractivity contribution in [2.24, 2.45) is 11.7 Å². The quantitative estimate of drug-likeness (QED) is 0.770. The maximum Gasteiger partial charge on any atom is 0.107 e. The summed E-state index contributed by atoms with van der Waals surface area (Å²) in [6.45, 7) is 3.02. The van der Waals surface area contributed by atoms with Gasteiger partial charge in [0.25, 0.3) is 0 Å². The third kappa shape index (κ3) is 1.94. The Bertz CT molecular complexity index is 279. The van der Waals surface area contributed by atoms with E-state index in [2.05, 4.69) is 19.1 Å². The first kappa shape index (κ1) is 8.82. The fraction of sp³-hybridized carbons (Fsp3) is 0.636. The Hall–Kier alpha value is -0.760. The summed E-state index contributed by atoms with van der Waals surface area (Å²) in [5.74, 6) is 3.80. The van der Waals surface area contributed by atoms with Crippen LogP contribution in [0.5, 0.6) is 0 Å². The molecular weight excluding hydrogens is 162 g/mol. The Morgan fingerprint density at radius 2 is 2.31 bits per heavy atom. The molecule has 13 heavy (non-hydrogen) atoms. The summed E-state index contributed by atoms with van der Waals surface area (Å²) in [6.07, 6.45) is 3.30. The first-order chi connectivity index (χ1) is 6.31. The number of aryl methyl sites for hydroxylation is 1. The summed E-state index contributed by atoms with van der Waals surface area (Å²) in [4.78, 5) is 0. The number of hydrogen-bond acceptors (Lipinski definition) is 2. The zero-order valence-corrected chi connectivity index (χ0v) is 8.12. The molecule has 2 atom stereocenters. The lowest BCUT2D eigenvalue weighted by molar-refractivity contribution is 0.458. The van der Waals surface area contributed by atoms with Crippen molar-refractivity contribution in [2.75, 3.05) is 6.54 Å². The van der Waals surface area contributed by atoms with Crippen molar-refractivity contribution < 1.29 is 4.42 Å². The first-order valence-electron chi connectivity index (χ1n) is 5.10. The second-order valence-corrected chi connectivity index (χ2v) is 4.02. The van der Waals surface area contributed by atoms with Crippen molar-refractivity contribution in [2.45, 2.75) is 32.1 Å². The predicted molar refractivity (Wildman–Crippen MR) is 52.6 cm³/mol. The Labute approximate surface area is 79.1 Å². The molecule has 1 aliphatic carbocycles. The molecule has 0 radical (unpaired) electrons. The van der Waals surface area contributed by atoms with E-state index in [-0.39, 0.29) is 0 Å². The minimum Gasteiger partial charge on any atom is -0.466 e. The molecule has 1 aliphatic rings. The molecule has 1 aromatic heterocycles. The molecule has 0 saturated heterocycles. The van der Waals surface area contributed by atoms with E-state index in [4.69, 9.17) is 10.2 Å². The van der Waals surface area contributed by atoms with Crippen LogP contribution in [0.1, 0.15) is 37.2 Å². The lowest BCUT2D eigenvalue weighted by Crippen LogP contribution is -1.99. The zero-order valence-electron chi connectivity index (χ0n) is 8.12. The molecule has 1 aromatic rings. The summed E-state index contributed by atoms with van der Waals surface area (Å²) in [7, 11) is 0. The van der Waals surface area contributed by atoms with Crippen LogP contribution in [0.2, 0.25) is 0 Å². The maximum atomic E-state index is 5.72. The Morgan fingerprint density at radius 3 is 2.92 bits per heavy atom. The fourth-order valence-electron chi connectivity index (χ4n) is 1.72. The molecule has 1 saturated carbocycles. The SMILES string of the molecule is CC1CC1c1ccc(CCCN)o1. The molecule has 2 unspecified atom stereocenters. The highest BCUT2D eigenvalue weighted by Crippen LogP contribution is 2.47. The molecule has 72 valence electrons. The van der Waals surface area contributed by atoms with E-state index in [0.717, 1.165) is 31.1 Å². The van der Waals surface area contributed by atoms with E-state index < -0.39 is 0 Å². The van der Waals surface area contributed by atoms with Crippen molar-refractivity contribution in [1.82, 2.24) is 0 Å². The fourth-order valence-corrected chi connectivity index (χ4v) is 1.72.